The lowest BCUT2D eigenvalue weighted by Gasteiger charge is -2.09. The van der Waals surface area contributed by atoms with Crippen LogP contribution in [0.3, 0.4) is 0 Å². The van der Waals surface area contributed by atoms with E-state index in [1.165, 1.54) is 6.42 Å². The Morgan fingerprint density at radius 1 is 1.44 bits per heavy atom. The van der Waals surface area contributed by atoms with Crippen LogP contribution in [-0.4, -0.2) is 26.2 Å². The molecule has 6 heteroatoms. The average Bonchev–Trinajstić information content (AvgIpc) is 1.12. The summed E-state index contributed by atoms with van der Waals surface area (Å²) in [6.45, 7) is 2.00. The molecular formula is C3H7FO4S. The Kier molecular flexibility index (Phi) is 3.67. The van der Waals surface area contributed by atoms with Gasteiger partial charge in [0.05, 0.1) is 0 Å². The van der Waals surface area contributed by atoms with E-state index in [1.807, 2.05) is 0 Å². The minimum Gasteiger partial charge on any atom is -0.381 e. The molecule has 56 valence electrons. The van der Waals surface area contributed by atoms with Gasteiger partial charge in [0.2, 0.25) is 0 Å². The zero-order valence-electron chi connectivity index (χ0n) is 4.58. The van der Waals surface area contributed by atoms with E-state index in [1.54, 1.807) is 0 Å². The first kappa shape index (κ1) is 8.80. The van der Waals surface area contributed by atoms with Crippen molar-refractivity contribution in [1.82, 2.24) is 0 Å². The molecule has 0 atom stereocenters. The summed E-state index contributed by atoms with van der Waals surface area (Å²) >= 11 is 0. The number of hydrogen-bond acceptors (Lipinski definition) is 3. The van der Waals surface area contributed by atoms with Gasteiger partial charge in [-0.05, 0) is 6.42 Å². The third-order valence-corrected chi connectivity index (χ3v) is 0.577. The second-order valence-electron chi connectivity index (χ2n) is 1.38. The van der Waals surface area contributed by atoms with Crippen molar-refractivity contribution in [2.45, 2.75) is 6.42 Å². The van der Waals surface area contributed by atoms with Crippen molar-refractivity contribution < 1.29 is 21.6 Å². The van der Waals surface area contributed by atoms with Crippen LogP contribution in [0.2, 0.25) is 0 Å². The summed E-state index contributed by atoms with van der Waals surface area (Å²) in [7, 11) is -5.17. The molecule has 0 amide bonds. The van der Waals surface area contributed by atoms with E-state index in [-0.39, 0.29) is 0 Å². The lowest BCUT2D eigenvalue weighted by atomic mass is 10.4. The molecule has 1 rings (SSSR count). The quantitative estimate of drug-likeness (QED) is 0.403. The standard InChI is InChI=1S/C3H6O.FHO3S/c1-2-4-3-1;1-5(2,3)4/h1-3H2;(H,2,3,4). The molecule has 0 aromatic carbocycles. The lowest BCUT2D eigenvalue weighted by molar-refractivity contribution is 0.0367. The molecule has 0 radical (unpaired) electrons. The van der Waals surface area contributed by atoms with Gasteiger partial charge in [0.15, 0.2) is 0 Å². The van der Waals surface area contributed by atoms with Gasteiger partial charge >= 0.3 is 10.5 Å². The highest BCUT2D eigenvalue weighted by atomic mass is 32.3. The Morgan fingerprint density at radius 2 is 1.56 bits per heavy atom. The number of ether oxygens (including phenoxy) is 1. The number of halogens is 1. The highest BCUT2D eigenvalue weighted by molar-refractivity contribution is 7.80. The third kappa shape index (κ3) is 18.2. The zero-order valence-corrected chi connectivity index (χ0v) is 5.40. The van der Waals surface area contributed by atoms with Crippen LogP contribution in [0.25, 0.3) is 0 Å². The van der Waals surface area contributed by atoms with Crippen LogP contribution in [-0.2, 0) is 15.2 Å². The summed E-state index contributed by atoms with van der Waals surface area (Å²) in [5, 5.41) is 0. The summed E-state index contributed by atoms with van der Waals surface area (Å²) < 4.78 is 38.8. The minimum absolute atomic E-state index is 1.00. The molecular weight excluding hydrogens is 151 g/mol. The monoisotopic (exact) mass is 158 g/mol. The molecule has 0 bridgehead atoms. The molecule has 1 heterocycles. The van der Waals surface area contributed by atoms with Gasteiger partial charge in [-0.15, -0.1) is 0 Å². The molecule has 1 fully saturated rings. The second kappa shape index (κ2) is 3.76. The van der Waals surface area contributed by atoms with Crippen molar-refractivity contribution in [2.75, 3.05) is 13.2 Å². The Morgan fingerprint density at radius 3 is 1.56 bits per heavy atom. The molecule has 1 saturated heterocycles. The number of rotatable bonds is 0. The minimum atomic E-state index is -5.17. The molecule has 1 N–H and O–H groups in total. The second-order valence-corrected chi connectivity index (χ2v) is 2.20. The number of hydrogen-bond donors (Lipinski definition) is 1. The predicted octanol–water partition coefficient (Wildman–Crippen LogP) is 0.165. The maximum absolute atomic E-state index is 10.2. The molecule has 1 aliphatic heterocycles. The predicted molar refractivity (Wildman–Crippen MR) is 28.1 cm³/mol. The van der Waals surface area contributed by atoms with E-state index in [9.17, 15) is 3.89 Å². The average molecular weight is 158 g/mol. The van der Waals surface area contributed by atoms with Gasteiger partial charge in [-0.3, -0.25) is 4.55 Å². The van der Waals surface area contributed by atoms with Crippen LogP contribution in [0.5, 0.6) is 0 Å². The highest BCUT2D eigenvalue weighted by Gasteiger charge is 1.94. The van der Waals surface area contributed by atoms with Crippen molar-refractivity contribution >= 4 is 10.5 Å². The van der Waals surface area contributed by atoms with Gasteiger partial charge in [0, 0.05) is 13.2 Å². The summed E-state index contributed by atoms with van der Waals surface area (Å²) in [5.41, 5.74) is 0. The fourth-order valence-corrected chi connectivity index (χ4v) is 0.144. The summed E-state index contributed by atoms with van der Waals surface area (Å²) in [5.74, 6) is 0. The Bertz CT molecular complexity index is 135. The molecule has 1 aliphatic rings. The fourth-order valence-electron chi connectivity index (χ4n) is 0.144. The van der Waals surface area contributed by atoms with Crippen molar-refractivity contribution in [1.29, 1.82) is 0 Å². The molecule has 0 spiro atoms. The van der Waals surface area contributed by atoms with E-state index in [2.05, 4.69) is 0 Å². The zero-order chi connectivity index (χ0) is 7.33. The first-order valence-corrected chi connectivity index (χ1v) is 3.59. The van der Waals surface area contributed by atoms with Crippen LogP contribution in [0.15, 0.2) is 0 Å². The molecule has 4 nitrogen and oxygen atoms in total. The van der Waals surface area contributed by atoms with E-state index in [4.69, 9.17) is 17.7 Å². The van der Waals surface area contributed by atoms with Gasteiger partial charge in [-0.1, -0.05) is 3.89 Å². The van der Waals surface area contributed by atoms with Crippen LogP contribution in [0.4, 0.5) is 3.89 Å². The summed E-state index contributed by atoms with van der Waals surface area (Å²) in [4.78, 5) is 0. The van der Waals surface area contributed by atoms with E-state index >= 15 is 0 Å². The van der Waals surface area contributed by atoms with Crippen LogP contribution in [0, 0.1) is 0 Å². The van der Waals surface area contributed by atoms with E-state index in [0.717, 1.165) is 13.2 Å². The molecule has 9 heavy (non-hydrogen) atoms. The smallest absolute Gasteiger partial charge is 0.381 e. The van der Waals surface area contributed by atoms with Gasteiger partial charge in [-0.2, -0.15) is 8.42 Å². The van der Waals surface area contributed by atoms with Crippen molar-refractivity contribution in [3.05, 3.63) is 0 Å². The van der Waals surface area contributed by atoms with Crippen LogP contribution >= 0.6 is 0 Å². The maximum Gasteiger partial charge on any atom is 0.435 e. The lowest BCUT2D eigenvalue weighted by Crippen LogP contribution is -2.09. The van der Waals surface area contributed by atoms with Gasteiger partial charge in [0.1, 0.15) is 0 Å². The van der Waals surface area contributed by atoms with Crippen molar-refractivity contribution in [2.24, 2.45) is 0 Å². The molecule has 0 saturated carbocycles. The van der Waals surface area contributed by atoms with Crippen molar-refractivity contribution in [3.63, 3.8) is 0 Å². The van der Waals surface area contributed by atoms with E-state index in [0.29, 0.717) is 0 Å². The Balaban J connectivity index is 0.000000144. The Labute approximate surface area is 52.7 Å². The Hall–Kier alpha value is -0.200. The first-order valence-electron chi connectivity index (χ1n) is 2.25. The summed E-state index contributed by atoms with van der Waals surface area (Å²) in [6.07, 6.45) is 1.28. The van der Waals surface area contributed by atoms with Gasteiger partial charge in [-0.25, -0.2) is 0 Å². The molecule has 0 aromatic rings. The molecule has 0 aliphatic carbocycles. The topological polar surface area (TPSA) is 63.6 Å². The van der Waals surface area contributed by atoms with Crippen molar-refractivity contribution in [3.8, 4) is 0 Å². The molecule has 0 unspecified atom stereocenters. The summed E-state index contributed by atoms with van der Waals surface area (Å²) in [6, 6.07) is 0. The third-order valence-electron chi connectivity index (χ3n) is 0.577. The van der Waals surface area contributed by atoms with Gasteiger partial charge < -0.3 is 4.74 Å². The fraction of sp³-hybridized carbons (Fsp3) is 1.00. The van der Waals surface area contributed by atoms with Gasteiger partial charge in [0.25, 0.3) is 0 Å². The first-order chi connectivity index (χ1) is 4.00. The van der Waals surface area contributed by atoms with Crippen LogP contribution < -0.4 is 0 Å². The SMILES string of the molecule is C1COC1.O=S(=O)(O)F. The normalized spacial score (nSPS) is 17.1. The molecule has 0 aromatic heterocycles. The highest BCUT2D eigenvalue weighted by Crippen LogP contribution is 1.93. The van der Waals surface area contributed by atoms with E-state index < -0.39 is 10.5 Å². The largest absolute Gasteiger partial charge is 0.435 e. The van der Waals surface area contributed by atoms with Crippen LogP contribution in [0.1, 0.15) is 6.42 Å². The maximum atomic E-state index is 10.2.